The highest BCUT2D eigenvalue weighted by atomic mass is 16.5. The van der Waals surface area contributed by atoms with Crippen molar-refractivity contribution in [2.24, 2.45) is 4.99 Å². The van der Waals surface area contributed by atoms with E-state index in [9.17, 15) is 0 Å². The molecule has 3 N–H and O–H groups in total. The molecule has 0 spiro atoms. The van der Waals surface area contributed by atoms with Crippen molar-refractivity contribution in [2.45, 2.75) is 45.4 Å². The molecule has 0 saturated heterocycles. The molecule has 6 heteroatoms. The number of aliphatic imine (C=N–C) groups is 1. The van der Waals surface area contributed by atoms with Crippen LogP contribution in [0.1, 0.15) is 44.5 Å². The van der Waals surface area contributed by atoms with E-state index in [4.69, 9.17) is 4.74 Å². The van der Waals surface area contributed by atoms with Crippen molar-refractivity contribution in [3.8, 4) is 5.75 Å². The van der Waals surface area contributed by atoms with Crippen LogP contribution in [-0.4, -0.2) is 28.3 Å². The second-order valence-electron chi connectivity index (χ2n) is 6.58. The Morgan fingerprint density at radius 1 is 1.38 bits per heavy atom. The molecule has 6 nitrogen and oxygen atoms in total. The highest BCUT2D eigenvalue weighted by Gasteiger charge is 2.33. The van der Waals surface area contributed by atoms with Crippen LogP contribution in [0.2, 0.25) is 0 Å². The minimum Gasteiger partial charge on any atom is -0.487 e. The summed E-state index contributed by atoms with van der Waals surface area (Å²) in [5.74, 6) is 1.74. The molecule has 0 amide bonds. The fourth-order valence-corrected chi connectivity index (χ4v) is 2.95. The van der Waals surface area contributed by atoms with Crippen LogP contribution >= 0.6 is 0 Å². The van der Waals surface area contributed by atoms with E-state index < -0.39 is 0 Å². The van der Waals surface area contributed by atoms with E-state index in [1.54, 1.807) is 6.20 Å². The van der Waals surface area contributed by atoms with Gasteiger partial charge in [0, 0.05) is 24.7 Å². The lowest BCUT2D eigenvalue weighted by Crippen LogP contribution is -2.45. The molecule has 0 saturated carbocycles. The largest absolute Gasteiger partial charge is 0.487 e. The zero-order valence-electron chi connectivity index (χ0n) is 14.5. The summed E-state index contributed by atoms with van der Waals surface area (Å²) in [6.07, 6.45) is 2.61. The molecule has 1 aromatic carbocycles. The van der Waals surface area contributed by atoms with Crippen molar-refractivity contribution in [1.82, 2.24) is 20.8 Å². The van der Waals surface area contributed by atoms with E-state index in [-0.39, 0.29) is 11.6 Å². The average molecular weight is 327 g/mol. The third-order valence-electron chi connectivity index (χ3n) is 4.00. The summed E-state index contributed by atoms with van der Waals surface area (Å²) in [6, 6.07) is 10.3. The summed E-state index contributed by atoms with van der Waals surface area (Å²) < 4.78 is 6.10. The number of aromatic nitrogens is 2. The van der Waals surface area contributed by atoms with Crippen molar-refractivity contribution in [3.05, 3.63) is 47.8 Å². The van der Waals surface area contributed by atoms with E-state index in [2.05, 4.69) is 52.7 Å². The Balaban J connectivity index is 1.80. The van der Waals surface area contributed by atoms with E-state index in [0.29, 0.717) is 6.54 Å². The normalized spacial score (nSPS) is 19.3. The van der Waals surface area contributed by atoms with Gasteiger partial charge in [-0.15, -0.1) is 0 Å². The topological polar surface area (TPSA) is 74.3 Å². The van der Waals surface area contributed by atoms with Crippen LogP contribution in [0, 0.1) is 0 Å². The molecule has 2 aromatic rings. The molecule has 0 bridgehead atoms. The number of nitrogens with one attached hydrogen (secondary N) is 3. The summed E-state index contributed by atoms with van der Waals surface area (Å²) in [5, 5.41) is 13.8. The third-order valence-corrected chi connectivity index (χ3v) is 4.00. The minimum absolute atomic E-state index is 0.157. The lowest BCUT2D eigenvalue weighted by Gasteiger charge is -2.38. The molecule has 0 radical (unpaired) electrons. The lowest BCUT2D eigenvalue weighted by atomic mass is 9.90. The number of H-pyrrole nitrogens is 1. The van der Waals surface area contributed by atoms with E-state index in [1.807, 2.05) is 24.3 Å². The van der Waals surface area contributed by atoms with Gasteiger partial charge >= 0.3 is 0 Å². The maximum absolute atomic E-state index is 6.10. The first-order valence-electron chi connectivity index (χ1n) is 8.38. The molecular weight excluding hydrogens is 302 g/mol. The third kappa shape index (κ3) is 3.88. The van der Waals surface area contributed by atoms with Crippen LogP contribution in [0.4, 0.5) is 0 Å². The van der Waals surface area contributed by atoms with Gasteiger partial charge in [-0.3, -0.25) is 5.10 Å². The van der Waals surface area contributed by atoms with Gasteiger partial charge in [0.05, 0.1) is 18.3 Å². The van der Waals surface area contributed by atoms with E-state index in [1.165, 1.54) is 5.56 Å². The zero-order valence-corrected chi connectivity index (χ0v) is 14.5. The SMILES string of the molecule is CCNC(=NCc1ccn[nH]1)NC1CC(C)(C)Oc2ccccc21. The standard InChI is InChI=1S/C18H25N5O/c1-4-19-17(20-12-13-9-10-21-23-13)22-15-11-18(2,3)24-16-8-6-5-7-14(15)16/h5-10,15H,4,11-12H2,1-3H3,(H,21,23)(H2,19,20,22). The highest BCUT2D eigenvalue weighted by molar-refractivity contribution is 5.80. The Morgan fingerprint density at radius 3 is 2.96 bits per heavy atom. The number of hydrogen-bond donors (Lipinski definition) is 3. The molecule has 1 aliphatic heterocycles. The molecule has 2 heterocycles. The van der Waals surface area contributed by atoms with Crippen LogP contribution in [-0.2, 0) is 6.54 Å². The second kappa shape index (κ2) is 6.95. The van der Waals surface area contributed by atoms with Crippen LogP contribution in [0.5, 0.6) is 5.75 Å². The first-order valence-corrected chi connectivity index (χ1v) is 8.38. The Labute approximate surface area is 142 Å². The molecule has 0 aliphatic carbocycles. The molecule has 3 rings (SSSR count). The number of ether oxygens (including phenoxy) is 1. The monoisotopic (exact) mass is 327 g/mol. The zero-order chi connectivity index (χ0) is 17.0. The Hall–Kier alpha value is -2.50. The van der Waals surface area contributed by atoms with Crippen molar-refractivity contribution in [2.75, 3.05) is 6.54 Å². The lowest BCUT2D eigenvalue weighted by molar-refractivity contribution is 0.0694. The van der Waals surface area contributed by atoms with Crippen molar-refractivity contribution in [1.29, 1.82) is 0 Å². The molecular formula is C18H25N5O. The number of para-hydroxylation sites is 1. The summed E-state index contributed by atoms with van der Waals surface area (Å²) in [5.41, 5.74) is 1.94. The first-order chi connectivity index (χ1) is 11.6. The van der Waals surface area contributed by atoms with Crippen LogP contribution in [0.15, 0.2) is 41.5 Å². The summed E-state index contributed by atoms with van der Waals surface area (Å²) in [4.78, 5) is 4.65. The molecule has 0 fully saturated rings. The van der Waals surface area contributed by atoms with Gasteiger partial charge in [0.1, 0.15) is 11.4 Å². The molecule has 1 aliphatic rings. The van der Waals surface area contributed by atoms with Gasteiger partial charge in [0.2, 0.25) is 0 Å². The maximum Gasteiger partial charge on any atom is 0.192 e. The van der Waals surface area contributed by atoms with Gasteiger partial charge in [0.25, 0.3) is 0 Å². The van der Waals surface area contributed by atoms with Crippen LogP contribution in [0.3, 0.4) is 0 Å². The fourth-order valence-electron chi connectivity index (χ4n) is 2.95. The highest BCUT2D eigenvalue weighted by Crippen LogP contribution is 2.39. The number of benzene rings is 1. The van der Waals surface area contributed by atoms with Crippen LogP contribution in [0.25, 0.3) is 0 Å². The number of rotatable bonds is 4. The quantitative estimate of drug-likeness (QED) is 0.596. The van der Waals surface area contributed by atoms with Gasteiger partial charge in [-0.1, -0.05) is 18.2 Å². The first kappa shape index (κ1) is 16.4. The van der Waals surface area contributed by atoms with Gasteiger partial charge in [0.15, 0.2) is 5.96 Å². The van der Waals surface area contributed by atoms with E-state index >= 15 is 0 Å². The van der Waals surface area contributed by atoms with Crippen molar-refractivity contribution < 1.29 is 4.74 Å². The van der Waals surface area contributed by atoms with Crippen molar-refractivity contribution in [3.63, 3.8) is 0 Å². The predicted octanol–water partition coefficient (Wildman–Crippen LogP) is 2.77. The number of hydrogen-bond acceptors (Lipinski definition) is 3. The Bertz CT molecular complexity index is 693. The summed E-state index contributed by atoms with van der Waals surface area (Å²) in [6.45, 7) is 7.67. The Kier molecular flexibility index (Phi) is 4.74. The number of nitrogens with zero attached hydrogens (tertiary/aromatic N) is 2. The second-order valence-corrected chi connectivity index (χ2v) is 6.58. The average Bonchev–Trinajstić information content (AvgIpc) is 3.05. The predicted molar refractivity (Wildman–Crippen MR) is 95.0 cm³/mol. The molecule has 24 heavy (non-hydrogen) atoms. The molecule has 128 valence electrons. The van der Waals surface area contributed by atoms with Crippen LogP contribution < -0.4 is 15.4 Å². The fraction of sp³-hybridized carbons (Fsp3) is 0.444. The minimum atomic E-state index is -0.216. The van der Waals surface area contributed by atoms with Crippen molar-refractivity contribution >= 4 is 5.96 Å². The number of guanidine groups is 1. The summed E-state index contributed by atoms with van der Waals surface area (Å²) >= 11 is 0. The molecule has 1 atom stereocenters. The summed E-state index contributed by atoms with van der Waals surface area (Å²) in [7, 11) is 0. The van der Waals surface area contributed by atoms with Gasteiger partial charge < -0.3 is 15.4 Å². The van der Waals surface area contributed by atoms with E-state index in [0.717, 1.165) is 30.4 Å². The van der Waals surface area contributed by atoms with Gasteiger partial charge in [-0.2, -0.15) is 5.10 Å². The van der Waals surface area contributed by atoms with Gasteiger partial charge in [-0.05, 0) is 32.9 Å². The molecule has 1 unspecified atom stereocenters. The molecule has 1 aromatic heterocycles. The van der Waals surface area contributed by atoms with Gasteiger partial charge in [-0.25, -0.2) is 4.99 Å². The smallest absolute Gasteiger partial charge is 0.192 e. The maximum atomic E-state index is 6.10. The number of aromatic amines is 1. The Morgan fingerprint density at radius 2 is 2.21 bits per heavy atom. The number of fused-ring (bicyclic) bond motifs is 1.